The average Bonchev–Trinajstić information content (AvgIpc) is 0.865. The summed E-state index contributed by atoms with van der Waals surface area (Å²) < 4.78 is 0. The van der Waals surface area contributed by atoms with Gasteiger partial charge in [-0.1, -0.05) is 79.7 Å². The zero-order valence-corrected chi connectivity index (χ0v) is 60.6. The second kappa shape index (κ2) is 48.9. The van der Waals surface area contributed by atoms with Crippen LogP contribution in [-0.2, 0) is 54.4 Å². The molecule has 0 aliphatic heterocycles. The van der Waals surface area contributed by atoms with Gasteiger partial charge in [0.25, 0.3) is 5.91 Å². The van der Waals surface area contributed by atoms with Gasteiger partial charge < -0.3 is 102 Å². The lowest BCUT2D eigenvalue weighted by Crippen LogP contribution is -2.60. The fourth-order valence-electron chi connectivity index (χ4n) is 11.1. The number of hydrogen-bond acceptors (Lipinski definition) is 19. The number of nitrogens with two attached hydrogens (primary N) is 5. The molecular weight excluding hydrogens is 1300 g/mol. The van der Waals surface area contributed by atoms with Crippen molar-refractivity contribution >= 4 is 77.6 Å². The zero-order valence-electron chi connectivity index (χ0n) is 60.6. The van der Waals surface area contributed by atoms with Crippen LogP contribution in [0.3, 0.4) is 0 Å². The second-order valence-electron chi connectivity index (χ2n) is 27.8. The predicted octanol–water partition coefficient (Wildman–Crippen LogP) is -0.310. The Kier molecular flexibility index (Phi) is 43.2. The highest BCUT2D eigenvalue weighted by atomic mass is 16.4. The number of rotatable bonds is 52. The van der Waals surface area contributed by atoms with E-state index in [0.717, 1.165) is 0 Å². The minimum absolute atomic E-state index is 0.00658. The first-order valence-electron chi connectivity index (χ1n) is 35.9. The molecular formula is C70H120BN15O15. The molecule has 0 aliphatic carbocycles. The third kappa shape index (κ3) is 36.1. The molecule has 0 heterocycles. The van der Waals surface area contributed by atoms with Crippen LogP contribution in [0, 0.1) is 23.7 Å². The monoisotopic (exact) mass is 1420 g/mol. The van der Waals surface area contributed by atoms with Crippen molar-refractivity contribution in [3.63, 3.8) is 0 Å². The first kappa shape index (κ1) is 89.3. The van der Waals surface area contributed by atoms with Crippen molar-refractivity contribution in [3.05, 3.63) is 59.7 Å². The van der Waals surface area contributed by atoms with E-state index in [2.05, 4.69) is 53.2 Å². The maximum Gasteiger partial charge on any atom is 0.488 e. The predicted molar refractivity (Wildman–Crippen MR) is 387 cm³/mol. The van der Waals surface area contributed by atoms with Crippen LogP contribution in [0.1, 0.15) is 193 Å². The number of nitrogens with one attached hydrogen (secondary N) is 10. The summed E-state index contributed by atoms with van der Waals surface area (Å²) in [6, 6.07) is -1.14. The molecule has 2 rings (SSSR count). The number of hydrogen-bond donors (Lipinski definition) is 19. The van der Waals surface area contributed by atoms with Crippen LogP contribution >= 0.6 is 0 Å². The van der Waals surface area contributed by atoms with E-state index in [0.29, 0.717) is 69.9 Å². The molecule has 0 saturated carbocycles. The molecule has 0 spiro atoms. The molecule has 0 fully saturated rings. The highest BCUT2D eigenvalue weighted by Crippen LogP contribution is 2.17. The number of carboxylic acids is 1. The summed E-state index contributed by atoms with van der Waals surface area (Å²) in [6.07, 6.45) is 4.31. The number of aliphatic carboxylic acids is 1. The van der Waals surface area contributed by atoms with E-state index in [-0.39, 0.29) is 137 Å². The summed E-state index contributed by atoms with van der Waals surface area (Å²) in [5, 5.41) is 66.6. The molecule has 0 saturated heterocycles. The van der Waals surface area contributed by atoms with Crippen LogP contribution in [0.15, 0.2) is 48.5 Å². The standard InChI is InChI=1S/C70H120BN15O15/c1-42(2)37-50(76)61(89)83-56(38-43(3)4)67(95)82-53(21-11-16-34-74)65(93)84-58(40-45(7)8)69(97)85-57(39-44(5)6)68(96)81-52(20-10-15-33-73)63(91)78-51(19-9-14-32-72)62(90)80-55(23-13-18-36-77-60(88)47-26-28-48(29-27-47)71(100)101)64(92)79-54(22-12-17-35-75)66(94)86-59(70(98)99)41-46-24-30-49(87)31-25-46/h24-31,42-45,50-59,87,100-101H,9-23,32-41,72-76H2,1-8H3,(H,77,88)(H,78,91)(H,79,92)(H,80,90)(H,81,96)(H,82,95)(H,83,89)(H,84,93)(H,85,97)(H,86,94)(H,98,99)/t50-,51-,52-,53-,54-,55-,56-,57-,58-,59-/m0/s1. The molecule has 568 valence electrons. The lowest BCUT2D eigenvalue weighted by molar-refractivity contribution is -0.142. The van der Waals surface area contributed by atoms with E-state index in [1.807, 2.05) is 55.4 Å². The SMILES string of the molecule is CC(C)C[C@H](NC(=O)[C@H](CC(C)C)NC(=O)[C@H](CCCCN)NC(=O)[C@H](CC(C)C)NC(=O)[C@@H](N)CC(C)C)C(=O)N[C@@H](CCCCN)C(=O)N[C@@H](CCCCN)C(=O)N[C@@H](CCCCNC(=O)c1ccc(B(O)O)cc1)C(=O)N[C@@H](CCCCN)C(=O)N[C@@H](Cc1ccc(O)cc1)C(=O)O. The lowest BCUT2D eigenvalue weighted by Gasteiger charge is -2.29. The maximum atomic E-state index is 14.8. The molecule has 31 heteroatoms. The van der Waals surface area contributed by atoms with Gasteiger partial charge in [0.1, 0.15) is 60.1 Å². The quantitative estimate of drug-likeness (QED) is 0.0298. The highest BCUT2D eigenvalue weighted by molar-refractivity contribution is 6.58. The van der Waals surface area contributed by atoms with Crippen molar-refractivity contribution in [2.45, 2.75) is 244 Å². The Morgan fingerprint density at radius 3 is 0.960 bits per heavy atom. The number of carbonyl (C=O) groups excluding carboxylic acids is 10. The lowest BCUT2D eigenvalue weighted by atomic mass is 9.80. The Morgan fingerprint density at radius 1 is 0.376 bits per heavy atom. The Balaban J connectivity index is 2.58. The van der Waals surface area contributed by atoms with E-state index >= 15 is 0 Å². The number of phenols is 1. The van der Waals surface area contributed by atoms with Crippen LogP contribution in [0.2, 0.25) is 0 Å². The molecule has 0 unspecified atom stereocenters. The normalized spacial score (nSPS) is 14.4. The molecule has 10 amide bonds. The smallest absolute Gasteiger partial charge is 0.488 e. The van der Waals surface area contributed by atoms with Gasteiger partial charge in [0.05, 0.1) is 6.04 Å². The molecule has 24 N–H and O–H groups in total. The number of carbonyl (C=O) groups is 11. The number of benzene rings is 2. The molecule has 0 radical (unpaired) electrons. The van der Waals surface area contributed by atoms with Gasteiger partial charge in [-0.2, -0.15) is 0 Å². The van der Waals surface area contributed by atoms with E-state index in [1.165, 1.54) is 48.5 Å². The van der Waals surface area contributed by atoms with E-state index < -0.39 is 133 Å². The number of carboxylic acid groups (broad SMARTS) is 1. The Morgan fingerprint density at radius 2 is 0.663 bits per heavy atom. The van der Waals surface area contributed by atoms with Gasteiger partial charge in [-0.25, -0.2) is 4.79 Å². The van der Waals surface area contributed by atoms with Crippen molar-refractivity contribution < 1.29 is 73.0 Å². The summed E-state index contributed by atoms with van der Waals surface area (Å²) in [7, 11) is -1.74. The molecule has 101 heavy (non-hydrogen) atoms. The Hall–Kier alpha value is -7.81. The molecule has 30 nitrogen and oxygen atoms in total. The van der Waals surface area contributed by atoms with Gasteiger partial charge in [0.15, 0.2) is 0 Å². The fourth-order valence-corrected chi connectivity index (χ4v) is 11.1. The second-order valence-corrected chi connectivity index (χ2v) is 27.8. The van der Waals surface area contributed by atoms with Gasteiger partial charge >= 0.3 is 13.1 Å². The first-order valence-corrected chi connectivity index (χ1v) is 35.9. The molecule has 0 bridgehead atoms. The summed E-state index contributed by atoms with van der Waals surface area (Å²) >= 11 is 0. The molecule has 10 atom stereocenters. The average molecular weight is 1420 g/mol. The molecule has 2 aromatic rings. The van der Waals surface area contributed by atoms with Crippen molar-refractivity contribution in [2.24, 2.45) is 52.3 Å². The van der Waals surface area contributed by atoms with Crippen LogP contribution in [0.4, 0.5) is 0 Å². The minimum atomic E-state index is -1.74. The van der Waals surface area contributed by atoms with Crippen molar-refractivity contribution in [2.75, 3.05) is 32.7 Å². The number of amides is 10. The summed E-state index contributed by atoms with van der Waals surface area (Å²) in [4.78, 5) is 155. The Bertz CT molecular complexity index is 2870. The largest absolute Gasteiger partial charge is 0.508 e. The summed E-state index contributed by atoms with van der Waals surface area (Å²) in [5.74, 6) is -8.84. The summed E-state index contributed by atoms with van der Waals surface area (Å²) in [5.41, 5.74) is 30.5. The van der Waals surface area contributed by atoms with E-state index in [1.54, 1.807) is 0 Å². The highest BCUT2D eigenvalue weighted by Gasteiger charge is 2.37. The molecule has 2 aromatic carbocycles. The topological polar surface area (TPSA) is 519 Å². The van der Waals surface area contributed by atoms with Gasteiger partial charge in [-0.15, -0.1) is 0 Å². The number of unbranched alkanes of at least 4 members (excludes halogenated alkanes) is 5. The van der Waals surface area contributed by atoms with Crippen molar-refractivity contribution in [1.82, 2.24) is 53.2 Å². The van der Waals surface area contributed by atoms with E-state index in [4.69, 9.17) is 28.7 Å². The fraction of sp³-hybridized carbons (Fsp3) is 0.671. The summed E-state index contributed by atoms with van der Waals surface area (Å²) in [6.45, 7) is 16.0. The van der Waals surface area contributed by atoms with Gasteiger partial charge in [0.2, 0.25) is 53.2 Å². The molecule has 0 aromatic heterocycles. The third-order valence-electron chi connectivity index (χ3n) is 16.7. The Labute approximate surface area is 596 Å². The van der Waals surface area contributed by atoms with Crippen LogP contribution in [-0.4, -0.2) is 186 Å². The first-order chi connectivity index (χ1) is 47.8. The van der Waals surface area contributed by atoms with Gasteiger partial charge in [-0.05, 0) is 207 Å². The van der Waals surface area contributed by atoms with Crippen molar-refractivity contribution in [1.29, 1.82) is 0 Å². The van der Waals surface area contributed by atoms with Crippen LogP contribution in [0.5, 0.6) is 5.75 Å². The van der Waals surface area contributed by atoms with Crippen LogP contribution < -0.4 is 87.3 Å². The maximum absolute atomic E-state index is 14.8. The number of aromatic hydroxyl groups is 1. The van der Waals surface area contributed by atoms with Gasteiger partial charge in [0, 0.05) is 18.5 Å². The minimum Gasteiger partial charge on any atom is -0.508 e. The van der Waals surface area contributed by atoms with Gasteiger partial charge in [-0.3, -0.25) is 47.9 Å². The number of phenolic OH excluding ortho intramolecular Hbond substituents is 1. The molecule has 0 aliphatic rings. The van der Waals surface area contributed by atoms with E-state index in [9.17, 15) is 73.0 Å². The van der Waals surface area contributed by atoms with Crippen LogP contribution in [0.25, 0.3) is 0 Å². The van der Waals surface area contributed by atoms with Crippen molar-refractivity contribution in [3.8, 4) is 5.75 Å². The third-order valence-corrected chi connectivity index (χ3v) is 16.7. The zero-order chi connectivity index (χ0) is 75.7.